The predicted octanol–water partition coefficient (Wildman–Crippen LogP) is 4.41. The summed E-state index contributed by atoms with van der Waals surface area (Å²) in [6.07, 6.45) is 2.49. The summed E-state index contributed by atoms with van der Waals surface area (Å²) in [6, 6.07) is 2.41. The van der Waals surface area contributed by atoms with Crippen molar-refractivity contribution >= 4 is 43.2 Å². The standard InChI is InChI=1S/C14H20Br2N4S/c1-4-17-11(10-5-12(15)21-14(10)16)6-13-18-8-19-20(13)7-9(2)3/h5,8-9,11,17H,4,6-7H2,1-3H3. The molecule has 1 atom stereocenters. The van der Waals surface area contributed by atoms with Gasteiger partial charge in [-0.15, -0.1) is 11.3 Å². The second-order valence-corrected chi connectivity index (χ2v) is 9.10. The van der Waals surface area contributed by atoms with E-state index in [0.717, 1.165) is 32.9 Å². The Balaban J connectivity index is 2.20. The first-order chi connectivity index (χ1) is 10.0. The molecule has 7 heteroatoms. The molecule has 2 aromatic rings. The minimum absolute atomic E-state index is 0.238. The number of aromatic nitrogens is 3. The van der Waals surface area contributed by atoms with Crippen LogP contribution >= 0.6 is 43.2 Å². The zero-order valence-electron chi connectivity index (χ0n) is 12.4. The Kier molecular flexibility index (Phi) is 6.40. The van der Waals surface area contributed by atoms with Crippen LogP contribution in [0.25, 0.3) is 0 Å². The summed E-state index contributed by atoms with van der Waals surface area (Å²) in [5, 5.41) is 7.90. The largest absolute Gasteiger partial charge is 0.310 e. The fourth-order valence-corrected chi connectivity index (χ4v) is 5.23. The van der Waals surface area contributed by atoms with Gasteiger partial charge in [-0.2, -0.15) is 5.10 Å². The highest BCUT2D eigenvalue weighted by Gasteiger charge is 2.19. The SMILES string of the molecule is CCNC(Cc1ncnn1CC(C)C)c1cc(Br)sc1Br. The summed E-state index contributed by atoms with van der Waals surface area (Å²) in [7, 11) is 0. The molecule has 2 heterocycles. The summed E-state index contributed by atoms with van der Waals surface area (Å²) in [5.74, 6) is 1.59. The normalized spacial score (nSPS) is 13.0. The maximum atomic E-state index is 4.44. The molecule has 0 aliphatic carbocycles. The second-order valence-electron chi connectivity index (χ2n) is 5.35. The van der Waals surface area contributed by atoms with E-state index in [4.69, 9.17) is 0 Å². The van der Waals surface area contributed by atoms with Gasteiger partial charge in [-0.3, -0.25) is 0 Å². The van der Waals surface area contributed by atoms with Crippen molar-refractivity contribution < 1.29 is 0 Å². The van der Waals surface area contributed by atoms with Crippen LogP contribution in [0.5, 0.6) is 0 Å². The summed E-state index contributed by atoms with van der Waals surface area (Å²) in [5.41, 5.74) is 1.27. The third-order valence-electron chi connectivity index (χ3n) is 3.13. The van der Waals surface area contributed by atoms with Gasteiger partial charge in [0, 0.05) is 19.0 Å². The van der Waals surface area contributed by atoms with Crippen molar-refractivity contribution in [2.45, 2.75) is 39.8 Å². The number of nitrogens with one attached hydrogen (secondary N) is 1. The van der Waals surface area contributed by atoms with Gasteiger partial charge in [-0.05, 0) is 56.0 Å². The summed E-state index contributed by atoms with van der Waals surface area (Å²) in [4.78, 5) is 4.44. The molecule has 116 valence electrons. The van der Waals surface area contributed by atoms with Crippen LogP contribution in [-0.4, -0.2) is 21.3 Å². The highest BCUT2D eigenvalue weighted by Crippen LogP contribution is 2.36. The van der Waals surface area contributed by atoms with Crippen molar-refractivity contribution in [1.82, 2.24) is 20.1 Å². The van der Waals surface area contributed by atoms with Gasteiger partial charge in [0.1, 0.15) is 12.2 Å². The number of thiophene rings is 1. The quantitative estimate of drug-likeness (QED) is 0.700. The highest BCUT2D eigenvalue weighted by atomic mass is 79.9. The van der Waals surface area contributed by atoms with E-state index < -0.39 is 0 Å². The summed E-state index contributed by atoms with van der Waals surface area (Å²) in [6.45, 7) is 8.34. The van der Waals surface area contributed by atoms with E-state index in [2.05, 4.69) is 74.1 Å². The van der Waals surface area contributed by atoms with Gasteiger partial charge in [0.2, 0.25) is 0 Å². The van der Waals surface area contributed by atoms with Crippen LogP contribution in [0.3, 0.4) is 0 Å². The first kappa shape index (κ1) is 17.1. The lowest BCUT2D eigenvalue weighted by atomic mass is 10.1. The molecule has 4 nitrogen and oxygen atoms in total. The Hall–Kier alpha value is -0.240. The van der Waals surface area contributed by atoms with E-state index in [-0.39, 0.29) is 6.04 Å². The maximum absolute atomic E-state index is 4.44. The fourth-order valence-electron chi connectivity index (χ4n) is 2.26. The third kappa shape index (κ3) is 4.61. The topological polar surface area (TPSA) is 42.7 Å². The Morgan fingerprint density at radius 3 is 2.71 bits per heavy atom. The maximum Gasteiger partial charge on any atom is 0.138 e. The minimum Gasteiger partial charge on any atom is -0.310 e. The number of nitrogens with zero attached hydrogens (tertiary/aromatic N) is 3. The van der Waals surface area contributed by atoms with Crippen LogP contribution in [0.4, 0.5) is 0 Å². The Bertz CT molecular complexity index is 579. The van der Waals surface area contributed by atoms with Crippen LogP contribution in [0.1, 0.15) is 38.2 Å². The molecule has 0 bridgehead atoms. The third-order valence-corrected chi connectivity index (χ3v) is 5.52. The molecule has 0 amide bonds. The second kappa shape index (κ2) is 7.85. The Morgan fingerprint density at radius 1 is 1.38 bits per heavy atom. The monoisotopic (exact) mass is 434 g/mol. The molecule has 0 fully saturated rings. The lowest BCUT2D eigenvalue weighted by molar-refractivity contribution is 0.446. The Morgan fingerprint density at radius 2 is 2.14 bits per heavy atom. The minimum atomic E-state index is 0.238. The fraction of sp³-hybridized carbons (Fsp3) is 0.571. The molecular formula is C14H20Br2N4S. The number of likely N-dealkylation sites (N-methyl/N-ethyl adjacent to an activating group) is 1. The van der Waals surface area contributed by atoms with Crippen LogP contribution in [-0.2, 0) is 13.0 Å². The molecular weight excluding hydrogens is 416 g/mol. The molecule has 2 aromatic heterocycles. The highest BCUT2D eigenvalue weighted by molar-refractivity contribution is 9.12. The zero-order chi connectivity index (χ0) is 15.4. The van der Waals surface area contributed by atoms with E-state index in [1.165, 1.54) is 5.56 Å². The van der Waals surface area contributed by atoms with Crippen molar-refractivity contribution in [1.29, 1.82) is 0 Å². The molecule has 1 N–H and O–H groups in total. The Labute approximate surface area is 146 Å². The van der Waals surface area contributed by atoms with Crippen molar-refractivity contribution in [2.75, 3.05) is 6.54 Å². The molecule has 2 rings (SSSR count). The first-order valence-corrected chi connectivity index (χ1v) is 9.46. The first-order valence-electron chi connectivity index (χ1n) is 7.06. The average Bonchev–Trinajstić information content (AvgIpc) is 2.95. The molecule has 0 aliphatic rings. The van der Waals surface area contributed by atoms with E-state index >= 15 is 0 Å². The summed E-state index contributed by atoms with van der Waals surface area (Å²) >= 11 is 8.91. The van der Waals surface area contributed by atoms with Crippen LogP contribution < -0.4 is 5.32 Å². The number of halogens is 2. The molecule has 0 saturated carbocycles. The van der Waals surface area contributed by atoms with Crippen LogP contribution in [0.15, 0.2) is 20.0 Å². The number of hydrogen-bond acceptors (Lipinski definition) is 4. The molecule has 0 radical (unpaired) electrons. The molecule has 0 aliphatic heterocycles. The van der Waals surface area contributed by atoms with Gasteiger partial charge in [0.25, 0.3) is 0 Å². The van der Waals surface area contributed by atoms with Crippen LogP contribution in [0.2, 0.25) is 0 Å². The van der Waals surface area contributed by atoms with Gasteiger partial charge in [0.05, 0.1) is 7.57 Å². The van der Waals surface area contributed by atoms with Gasteiger partial charge in [-0.1, -0.05) is 20.8 Å². The lowest BCUT2D eigenvalue weighted by Crippen LogP contribution is -2.25. The zero-order valence-corrected chi connectivity index (χ0v) is 16.4. The van der Waals surface area contributed by atoms with Crippen LogP contribution in [0, 0.1) is 5.92 Å². The molecule has 0 aromatic carbocycles. The van der Waals surface area contributed by atoms with Crippen molar-refractivity contribution in [2.24, 2.45) is 5.92 Å². The number of hydrogen-bond donors (Lipinski definition) is 1. The summed E-state index contributed by atoms with van der Waals surface area (Å²) < 4.78 is 4.32. The van der Waals surface area contributed by atoms with Crippen molar-refractivity contribution in [3.8, 4) is 0 Å². The van der Waals surface area contributed by atoms with E-state index in [9.17, 15) is 0 Å². The molecule has 0 saturated heterocycles. The van der Waals surface area contributed by atoms with E-state index in [0.29, 0.717) is 5.92 Å². The van der Waals surface area contributed by atoms with Gasteiger partial charge >= 0.3 is 0 Å². The van der Waals surface area contributed by atoms with Gasteiger partial charge in [-0.25, -0.2) is 9.67 Å². The molecule has 0 spiro atoms. The smallest absolute Gasteiger partial charge is 0.138 e. The average molecular weight is 436 g/mol. The molecule has 21 heavy (non-hydrogen) atoms. The van der Waals surface area contributed by atoms with Gasteiger partial charge < -0.3 is 5.32 Å². The lowest BCUT2D eigenvalue weighted by Gasteiger charge is -2.18. The van der Waals surface area contributed by atoms with Crippen molar-refractivity contribution in [3.63, 3.8) is 0 Å². The van der Waals surface area contributed by atoms with E-state index in [1.807, 2.05) is 4.68 Å². The van der Waals surface area contributed by atoms with Crippen molar-refractivity contribution in [3.05, 3.63) is 31.4 Å². The van der Waals surface area contributed by atoms with Gasteiger partial charge in [0.15, 0.2) is 0 Å². The molecule has 1 unspecified atom stereocenters. The van der Waals surface area contributed by atoms with E-state index in [1.54, 1.807) is 17.7 Å². The number of rotatable bonds is 7. The predicted molar refractivity (Wildman–Crippen MR) is 94.7 cm³/mol.